The van der Waals surface area contributed by atoms with Gasteiger partial charge in [0.15, 0.2) is 0 Å². The first-order chi connectivity index (χ1) is 12.1. The first kappa shape index (κ1) is 19.0. The standard InChI is InChI=1S/C19H21BrN2O3/c1-2-14-6-3-4-9-17(14)22-19(24)13-21-18(23)10-11-25-16-8-5-7-15(20)12-16/h3-9,12H,2,10-11,13H2,1H3,(H,21,23)(H,22,24). The summed E-state index contributed by atoms with van der Waals surface area (Å²) in [5.41, 5.74) is 1.84. The van der Waals surface area contributed by atoms with Crippen LogP contribution in [0.3, 0.4) is 0 Å². The Bertz CT molecular complexity index is 734. The molecule has 2 N–H and O–H groups in total. The number of amides is 2. The van der Waals surface area contributed by atoms with E-state index in [-0.39, 0.29) is 31.4 Å². The van der Waals surface area contributed by atoms with Gasteiger partial charge in [-0.05, 0) is 36.2 Å². The zero-order valence-electron chi connectivity index (χ0n) is 14.0. The van der Waals surface area contributed by atoms with Gasteiger partial charge < -0.3 is 15.4 Å². The van der Waals surface area contributed by atoms with Gasteiger partial charge in [0.2, 0.25) is 11.8 Å². The lowest BCUT2D eigenvalue weighted by Crippen LogP contribution is -2.33. The minimum atomic E-state index is -0.248. The highest BCUT2D eigenvalue weighted by Crippen LogP contribution is 2.17. The summed E-state index contributed by atoms with van der Waals surface area (Å²) in [6, 6.07) is 15.0. The maximum Gasteiger partial charge on any atom is 0.243 e. The average molecular weight is 405 g/mol. The van der Waals surface area contributed by atoms with Crippen molar-refractivity contribution in [1.82, 2.24) is 5.32 Å². The highest BCUT2D eigenvalue weighted by Gasteiger charge is 2.08. The van der Waals surface area contributed by atoms with Gasteiger partial charge in [-0.3, -0.25) is 9.59 Å². The van der Waals surface area contributed by atoms with Crippen molar-refractivity contribution in [2.24, 2.45) is 0 Å². The number of ether oxygens (including phenoxy) is 1. The van der Waals surface area contributed by atoms with E-state index in [1.807, 2.05) is 55.5 Å². The summed E-state index contributed by atoms with van der Waals surface area (Å²) in [6.45, 7) is 2.22. The Hall–Kier alpha value is -2.34. The maximum atomic E-state index is 12.0. The lowest BCUT2D eigenvalue weighted by Gasteiger charge is -2.10. The molecule has 5 nitrogen and oxygen atoms in total. The van der Waals surface area contributed by atoms with Gasteiger partial charge in [-0.15, -0.1) is 0 Å². The van der Waals surface area contributed by atoms with Crippen LogP contribution in [0.2, 0.25) is 0 Å². The number of hydrogen-bond acceptors (Lipinski definition) is 3. The molecule has 0 aliphatic rings. The minimum Gasteiger partial charge on any atom is -0.493 e. The number of halogens is 1. The zero-order valence-corrected chi connectivity index (χ0v) is 15.6. The van der Waals surface area contributed by atoms with Crippen molar-refractivity contribution in [2.45, 2.75) is 19.8 Å². The van der Waals surface area contributed by atoms with E-state index in [1.54, 1.807) is 0 Å². The number of benzene rings is 2. The Kier molecular flexibility index (Phi) is 7.47. The molecule has 2 aromatic carbocycles. The molecule has 0 radical (unpaired) electrons. The second kappa shape index (κ2) is 9.84. The van der Waals surface area contributed by atoms with Crippen LogP contribution >= 0.6 is 15.9 Å². The van der Waals surface area contributed by atoms with Gasteiger partial charge in [0, 0.05) is 10.2 Å². The van der Waals surface area contributed by atoms with Crippen molar-refractivity contribution in [2.75, 3.05) is 18.5 Å². The molecular weight excluding hydrogens is 384 g/mol. The molecule has 25 heavy (non-hydrogen) atoms. The minimum absolute atomic E-state index is 0.0617. The van der Waals surface area contributed by atoms with Crippen LogP contribution in [0.4, 0.5) is 5.69 Å². The van der Waals surface area contributed by atoms with Crippen molar-refractivity contribution < 1.29 is 14.3 Å². The van der Waals surface area contributed by atoms with E-state index >= 15 is 0 Å². The van der Waals surface area contributed by atoms with E-state index < -0.39 is 0 Å². The summed E-state index contributed by atoms with van der Waals surface area (Å²) in [5.74, 6) is 0.215. The van der Waals surface area contributed by atoms with Crippen LogP contribution in [0.1, 0.15) is 18.9 Å². The molecule has 2 aromatic rings. The summed E-state index contributed by atoms with van der Waals surface area (Å²) >= 11 is 3.36. The van der Waals surface area contributed by atoms with Gasteiger partial charge in [-0.25, -0.2) is 0 Å². The van der Waals surface area contributed by atoms with Crippen LogP contribution in [-0.4, -0.2) is 25.0 Å². The van der Waals surface area contributed by atoms with Gasteiger partial charge in [-0.2, -0.15) is 0 Å². The van der Waals surface area contributed by atoms with Gasteiger partial charge in [-0.1, -0.05) is 47.1 Å². The van der Waals surface area contributed by atoms with E-state index in [0.717, 1.165) is 22.1 Å². The Morgan fingerprint density at radius 1 is 1.08 bits per heavy atom. The molecule has 2 amide bonds. The summed E-state index contributed by atoms with van der Waals surface area (Å²) in [5, 5.41) is 5.41. The van der Waals surface area contributed by atoms with Crippen molar-refractivity contribution in [3.8, 4) is 5.75 Å². The zero-order chi connectivity index (χ0) is 18.1. The Balaban J connectivity index is 1.69. The lowest BCUT2D eigenvalue weighted by atomic mass is 10.1. The maximum absolute atomic E-state index is 12.0. The van der Waals surface area contributed by atoms with Crippen LogP contribution < -0.4 is 15.4 Å². The van der Waals surface area contributed by atoms with Crippen LogP contribution in [0.5, 0.6) is 5.75 Å². The molecule has 132 valence electrons. The number of carbonyl (C=O) groups excluding carboxylic acids is 2. The molecule has 0 aromatic heterocycles. The third kappa shape index (κ3) is 6.58. The van der Waals surface area contributed by atoms with Gasteiger partial charge >= 0.3 is 0 Å². The van der Waals surface area contributed by atoms with Crippen molar-refractivity contribution in [1.29, 1.82) is 0 Å². The largest absolute Gasteiger partial charge is 0.493 e. The molecule has 0 atom stereocenters. The molecule has 2 rings (SSSR count). The Morgan fingerprint density at radius 2 is 1.88 bits per heavy atom. The van der Waals surface area contributed by atoms with Gasteiger partial charge in [0.05, 0.1) is 19.6 Å². The monoisotopic (exact) mass is 404 g/mol. The van der Waals surface area contributed by atoms with E-state index in [2.05, 4.69) is 26.6 Å². The predicted molar refractivity (Wildman–Crippen MR) is 102 cm³/mol. The van der Waals surface area contributed by atoms with E-state index in [1.165, 1.54) is 0 Å². The highest BCUT2D eigenvalue weighted by atomic mass is 79.9. The first-order valence-electron chi connectivity index (χ1n) is 8.11. The molecule has 0 fully saturated rings. The molecule has 0 heterocycles. The van der Waals surface area contributed by atoms with Crippen LogP contribution in [-0.2, 0) is 16.0 Å². The van der Waals surface area contributed by atoms with Gasteiger partial charge in [0.25, 0.3) is 0 Å². The van der Waals surface area contributed by atoms with Crippen molar-refractivity contribution >= 4 is 33.4 Å². The fourth-order valence-electron chi connectivity index (χ4n) is 2.23. The van der Waals surface area contributed by atoms with Crippen LogP contribution in [0.15, 0.2) is 53.0 Å². The second-order valence-corrected chi connectivity index (χ2v) is 6.31. The summed E-state index contributed by atoms with van der Waals surface area (Å²) in [7, 11) is 0. The van der Waals surface area contributed by atoms with Crippen LogP contribution in [0.25, 0.3) is 0 Å². The molecule has 0 spiro atoms. The average Bonchev–Trinajstić information content (AvgIpc) is 2.60. The van der Waals surface area contributed by atoms with E-state index in [4.69, 9.17) is 4.74 Å². The van der Waals surface area contributed by atoms with Crippen LogP contribution in [0, 0.1) is 0 Å². The fraction of sp³-hybridized carbons (Fsp3) is 0.263. The Morgan fingerprint density at radius 3 is 2.64 bits per heavy atom. The topological polar surface area (TPSA) is 67.4 Å². The first-order valence-corrected chi connectivity index (χ1v) is 8.90. The molecule has 6 heteroatoms. The predicted octanol–water partition coefficient (Wildman–Crippen LogP) is 3.54. The van der Waals surface area contributed by atoms with E-state index in [0.29, 0.717) is 5.75 Å². The Labute approximate surface area is 155 Å². The normalized spacial score (nSPS) is 10.2. The molecule has 0 bridgehead atoms. The fourth-order valence-corrected chi connectivity index (χ4v) is 2.61. The summed E-state index contributed by atoms with van der Waals surface area (Å²) < 4.78 is 6.41. The molecule has 0 unspecified atom stereocenters. The van der Waals surface area contributed by atoms with Gasteiger partial charge in [0.1, 0.15) is 5.75 Å². The number of nitrogens with one attached hydrogen (secondary N) is 2. The molecule has 0 aliphatic carbocycles. The quantitative estimate of drug-likeness (QED) is 0.706. The number of hydrogen-bond donors (Lipinski definition) is 2. The SMILES string of the molecule is CCc1ccccc1NC(=O)CNC(=O)CCOc1cccc(Br)c1. The highest BCUT2D eigenvalue weighted by molar-refractivity contribution is 9.10. The summed E-state index contributed by atoms with van der Waals surface area (Å²) in [6.07, 6.45) is 1.01. The molecule has 0 saturated heterocycles. The van der Waals surface area contributed by atoms with E-state index in [9.17, 15) is 9.59 Å². The third-order valence-electron chi connectivity index (χ3n) is 3.51. The third-order valence-corrected chi connectivity index (χ3v) is 4.01. The molecule has 0 aliphatic heterocycles. The summed E-state index contributed by atoms with van der Waals surface area (Å²) in [4.78, 5) is 23.8. The van der Waals surface area contributed by atoms with Crippen molar-refractivity contribution in [3.63, 3.8) is 0 Å². The molecular formula is C19H21BrN2O3. The number of rotatable bonds is 8. The number of aryl methyl sites for hydroxylation is 1. The van der Waals surface area contributed by atoms with Crippen molar-refractivity contribution in [3.05, 3.63) is 58.6 Å². The smallest absolute Gasteiger partial charge is 0.243 e. The number of carbonyl (C=O) groups is 2. The second-order valence-electron chi connectivity index (χ2n) is 5.39. The lowest BCUT2D eigenvalue weighted by molar-refractivity contribution is -0.124. The number of para-hydroxylation sites is 1. The molecule has 0 saturated carbocycles. The number of anilines is 1.